The van der Waals surface area contributed by atoms with Crippen LogP contribution in [0.25, 0.3) is 0 Å². The van der Waals surface area contributed by atoms with Gasteiger partial charge in [-0.05, 0) is 67.5 Å². The van der Waals surface area contributed by atoms with Gasteiger partial charge in [0.05, 0.1) is 4.90 Å². The van der Waals surface area contributed by atoms with Crippen LogP contribution in [-0.2, 0) is 10.0 Å². The SMILES string of the molecule is Cc1ccc(S(=O)(=O)NCCC(C)(C)CC2=C(Br)CCCC2)cc1. The summed E-state index contributed by atoms with van der Waals surface area (Å²) in [6.07, 6.45) is 6.69. The molecule has 1 aromatic carbocycles. The molecule has 3 nitrogen and oxygen atoms in total. The van der Waals surface area contributed by atoms with Gasteiger partial charge in [-0.25, -0.2) is 13.1 Å². The number of rotatable bonds is 7. The average Bonchev–Trinajstić information content (AvgIpc) is 2.49. The quantitative estimate of drug-likeness (QED) is 0.658. The van der Waals surface area contributed by atoms with E-state index in [0.717, 1.165) is 24.8 Å². The maximum atomic E-state index is 12.3. The highest BCUT2D eigenvalue weighted by atomic mass is 79.9. The molecule has 2 rings (SSSR count). The number of nitrogens with one attached hydrogen (secondary N) is 1. The zero-order valence-electron chi connectivity index (χ0n) is 14.9. The lowest BCUT2D eigenvalue weighted by Crippen LogP contribution is -2.28. The second kappa shape index (κ2) is 8.15. The van der Waals surface area contributed by atoms with Gasteiger partial charge >= 0.3 is 0 Å². The Balaban J connectivity index is 1.91. The van der Waals surface area contributed by atoms with E-state index in [2.05, 4.69) is 34.5 Å². The van der Waals surface area contributed by atoms with Gasteiger partial charge in [-0.15, -0.1) is 0 Å². The number of allylic oxidation sites excluding steroid dienone is 2. The molecular formula is C19H28BrNO2S. The minimum atomic E-state index is -3.41. The fraction of sp³-hybridized carbons (Fsp3) is 0.579. The Morgan fingerprint density at radius 3 is 2.38 bits per heavy atom. The third-order valence-electron chi connectivity index (χ3n) is 4.63. The first-order chi connectivity index (χ1) is 11.2. The Kier molecular flexibility index (Phi) is 6.68. The second-order valence-corrected chi connectivity index (χ2v) is 10.2. The monoisotopic (exact) mass is 413 g/mol. The van der Waals surface area contributed by atoms with Crippen molar-refractivity contribution in [1.29, 1.82) is 0 Å². The van der Waals surface area contributed by atoms with Crippen LogP contribution in [0.2, 0.25) is 0 Å². The highest BCUT2D eigenvalue weighted by Crippen LogP contribution is 2.38. The minimum Gasteiger partial charge on any atom is -0.211 e. The molecule has 5 heteroatoms. The standard InChI is InChI=1S/C19H28BrNO2S/c1-15-8-10-17(11-9-15)24(22,23)21-13-12-19(2,3)14-16-6-4-5-7-18(16)20/h8-11,21H,4-7,12-14H2,1-3H3. The number of aryl methyl sites for hydroxylation is 1. The van der Waals surface area contributed by atoms with Crippen molar-refractivity contribution in [2.45, 2.75) is 64.2 Å². The van der Waals surface area contributed by atoms with Gasteiger partial charge in [0.15, 0.2) is 0 Å². The molecule has 0 aliphatic heterocycles. The number of benzene rings is 1. The Morgan fingerprint density at radius 1 is 1.12 bits per heavy atom. The van der Waals surface area contributed by atoms with Crippen LogP contribution in [0.3, 0.4) is 0 Å². The predicted molar refractivity (Wildman–Crippen MR) is 104 cm³/mol. The topological polar surface area (TPSA) is 46.2 Å². The molecule has 0 unspecified atom stereocenters. The summed E-state index contributed by atoms with van der Waals surface area (Å²) >= 11 is 3.71. The molecule has 0 fully saturated rings. The summed E-state index contributed by atoms with van der Waals surface area (Å²) in [5.74, 6) is 0. The van der Waals surface area contributed by atoms with Crippen LogP contribution in [0.4, 0.5) is 0 Å². The van der Waals surface area contributed by atoms with Gasteiger partial charge < -0.3 is 0 Å². The average molecular weight is 414 g/mol. The van der Waals surface area contributed by atoms with Crippen LogP contribution in [0.1, 0.15) is 57.9 Å². The van der Waals surface area contributed by atoms with Crippen molar-refractivity contribution in [2.24, 2.45) is 5.41 Å². The van der Waals surface area contributed by atoms with E-state index in [1.807, 2.05) is 19.1 Å². The van der Waals surface area contributed by atoms with E-state index < -0.39 is 10.0 Å². The lowest BCUT2D eigenvalue weighted by Gasteiger charge is -2.28. The third-order valence-corrected chi connectivity index (χ3v) is 7.06. The van der Waals surface area contributed by atoms with Crippen molar-refractivity contribution in [3.8, 4) is 0 Å². The fourth-order valence-corrected chi connectivity index (χ4v) is 4.76. The Hall–Kier alpha value is -0.650. The Morgan fingerprint density at radius 2 is 1.75 bits per heavy atom. The summed E-state index contributed by atoms with van der Waals surface area (Å²) in [6.45, 7) is 6.85. The van der Waals surface area contributed by atoms with Gasteiger partial charge in [-0.3, -0.25) is 0 Å². The molecule has 0 amide bonds. The first-order valence-corrected chi connectivity index (χ1v) is 10.9. The Bertz CT molecular complexity index is 691. The largest absolute Gasteiger partial charge is 0.240 e. The molecular weight excluding hydrogens is 386 g/mol. The first-order valence-electron chi connectivity index (χ1n) is 8.62. The summed E-state index contributed by atoms with van der Waals surface area (Å²) in [5.41, 5.74) is 2.65. The van der Waals surface area contributed by atoms with Crippen molar-refractivity contribution in [3.05, 3.63) is 39.9 Å². The number of hydrogen-bond donors (Lipinski definition) is 1. The zero-order chi connectivity index (χ0) is 17.8. The molecule has 1 aliphatic rings. The van der Waals surface area contributed by atoms with Gasteiger partial charge in [0.25, 0.3) is 0 Å². The summed E-state index contributed by atoms with van der Waals surface area (Å²) in [6, 6.07) is 6.97. The Labute approximate surface area is 155 Å². The van der Waals surface area contributed by atoms with Crippen LogP contribution >= 0.6 is 15.9 Å². The van der Waals surface area contributed by atoms with Crippen LogP contribution < -0.4 is 4.72 Å². The van der Waals surface area contributed by atoms with Crippen molar-refractivity contribution in [3.63, 3.8) is 0 Å². The molecule has 0 radical (unpaired) electrons. The molecule has 0 saturated heterocycles. The molecule has 0 spiro atoms. The number of hydrogen-bond acceptors (Lipinski definition) is 2. The van der Waals surface area contributed by atoms with Gasteiger partial charge in [0.1, 0.15) is 0 Å². The molecule has 24 heavy (non-hydrogen) atoms. The second-order valence-electron chi connectivity index (χ2n) is 7.52. The molecule has 0 bridgehead atoms. The molecule has 1 N–H and O–H groups in total. The van der Waals surface area contributed by atoms with Crippen molar-refractivity contribution in [2.75, 3.05) is 6.54 Å². The van der Waals surface area contributed by atoms with Gasteiger partial charge in [0.2, 0.25) is 10.0 Å². The van der Waals surface area contributed by atoms with E-state index in [0.29, 0.717) is 11.4 Å². The van der Waals surface area contributed by atoms with Gasteiger partial charge in [-0.1, -0.05) is 53.0 Å². The van der Waals surface area contributed by atoms with Crippen LogP contribution in [0.15, 0.2) is 39.2 Å². The van der Waals surface area contributed by atoms with Crippen molar-refractivity contribution >= 4 is 26.0 Å². The summed E-state index contributed by atoms with van der Waals surface area (Å²) in [7, 11) is -3.41. The number of sulfonamides is 1. The van der Waals surface area contributed by atoms with E-state index in [4.69, 9.17) is 0 Å². The third kappa shape index (κ3) is 5.71. The molecule has 0 saturated carbocycles. The van der Waals surface area contributed by atoms with Crippen molar-refractivity contribution in [1.82, 2.24) is 4.72 Å². The maximum absolute atomic E-state index is 12.3. The van der Waals surface area contributed by atoms with Crippen LogP contribution in [0.5, 0.6) is 0 Å². The maximum Gasteiger partial charge on any atom is 0.240 e. The highest BCUT2D eigenvalue weighted by molar-refractivity contribution is 9.11. The smallest absolute Gasteiger partial charge is 0.211 e. The van der Waals surface area contributed by atoms with E-state index in [9.17, 15) is 8.42 Å². The van der Waals surface area contributed by atoms with E-state index >= 15 is 0 Å². The van der Waals surface area contributed by atoms with E-state index in [1.54, 1.807) is 12.1 Å². The molecule has 0 atom stereocenters. The van der Waals surface area contributed by atoms with Gasteiger partial charge in [-0.2, -0.15) is 0 Å². The summed E-state index contributed by atoms with van der Waals surface area (Å²) < 4.78 is 28.8. The van der Waals surface area contributed by atoms with Gasteiger partial charge in [0, 0.05) is 6.54 Å². The van der Waals surface area contributed by atoms with Crippen LogP contribution in [0, 0.1) is 12.3 Å². The predicted octanol–water partition coefficient (Wildman–Crippen LogP) is 5.30. The molecule has 134 valence electrons. The molecule has 0 aromatic heterocycles. The molecule has 1 aliphatic carbocycles. The van der Waals surface area contributed by atoms with Crippen molar-refractivity contribution < 1.29 is 8.42 Å². The summed E-state index contributed by atoms with van der Waals surface area (Å²) in [5, 5.41) is 0. The lowest BCUT2D eigenvalue weighted by atomic mass is 9.80. The molecule has 1 aromatic rings. The number of halogens is 1. The summed E-state index contributed by atoms with van der Waals surface area (Å²) in [4.78, 5) is 0.337. The van der Waals surface area contributed by atoms with E-state index in [-0.39, 0.29) is 5.41 Å². The highest BCUT2D eigenvalue weighted by Gasteiger charge is 2.23. The molecule has 0 heterocycles. The van der Waals surface area contributed by atoms with E-state index in [1.165, 1.54) is 29.3 Å². The fourth-order valence-electron chi connectivity index (χ4n) is 3.11. The van der Waals surface area contributed by atoms with Crippen LogP contribution in [-0.4, -0.2) is 15.0 Å². The lowest BCUT2D eigenvalue weighted by molar-refractivity contribution is 0.326. The zero-order valence-corrected chi connectivity index (χ0v) is 17.3. The minimum absolute atomic E-state index is 0.0848. The normalized spacial score (nSPS) is 16.5. The first kappa shape index (κ1) is 19.7.